The lowest BCUT2D eigenvalue weighted by molar-refractivity contribution is 0.101. The predicted octanol–water partition coefficient (Wildman–Crippen LogP) is 4.19. The fourth-order valence-corrected chi connectivity index (χ4v) is 3.50. The number of aryl methyl sites for hydroxylation is 2. The van der Waals surface area contributed by atoms with Gasteiger partial charge in [-0.25, -0.2) is 4.98 Å². The van der Waals surface area contributed by atoms with Gasteiger partial charge < -0.3 is 14.4 Å². The van der Waals surface area contributed by atoms with Crippen LogP contribution < -0.4 is 5.32 Å². The molecule has 0 unspecified atom stereocenters. The highest BCUT2D eigenvalue weighted by molar-refractivity contribution is 6.03. The summed E-state index contributed by atoms with van der Waals surface area (Å²) in [4.78, 5) is 21.3. The largest absolute Gasteiger partial charge is 0.355 e. The predicted molar refractivity (Wildman–Crippen MR) is 108 cm³/mol. The van der Waals surface area contributed by atoms with E-state index in [-0.39, 0.29) is 11.6 Å². The molecule has 0 saturated carbocycles. The van der Waals surface area contributed by atoms with E-state index in [2.05, 4.69) is 26.2 Å². The standard InChI is InChI=1S/C22H19N5O2/c28-22(18-12-20(29-26-18)16-4-3-10-23-13-16)24-17-8-6-15(7-9-17)19-14-27-11-2-1-5-21(27)25-19/h3-4,6-10,12-14H,1-2,5,11H2,(H,24,28). The quantitative estimate of drug-likeness (QED) is 0.569. The van der Waals surface area contributed by atoms with Crippen LogP contribution in [0.15, 0.2) is 65.6 Å². The molecule has 0 radical (unpaired) electrons. The van der Waals surface area contributed by atoms with Gasteiger partial charge >= 0.3 is 0 Å². The number of nitrogens with zero attached hydrogens (tertiary/aromatic N) is 4. The zero-order valence-electron chi connectivity index (χ0n) is 15.7. The minimum atomic E-state index is -0.325. The number of rotatable bonds is 4. The van der Waals surface area contributed by atoms with E-state index in [9.17, 15) is 4.79 Å². The number of fused-ring (bicyclic) bond motifs is 1. The van der Waals surface area contributed by atoms with Gasteiger partial charge in [0.05, 0.1) is 5.69 Å². The molecule has 7 nitrogen and oxygen atoms in total. The molecule has 0 saturated heterocycles. The molecule has 0 bridgehead atoms. The first-order valence-corrected chi connectivity index (χ1v) is 9.61. The Hall–Kier alpha value is -3.74. The minimum absolute atomic E-state index is 0.217. The van der Waals surface area contributed by atoms with Gasteiger partial charge in [-0.15, -0.1) is 0 Å². The van der Waals surface area contributed by atoms with Crippen LogP contribution in [0.2, 0.25) is 0 Å². The van der Waals surface area contributed by atoms with E-state index >= 15 is 0 Å². The Kier molecular flexibility index (Phi) is 4.40. The summed E-state index contributed by atoms with van der Waals surface area (Å²) < 4.78 is 7.50. The second kappa shape index (κ2) is 7.35. The van der Waals surface area contributed by atoms with Crippen LogP contribution in [0.1, 0.15) is 29.2 Å². The van der Waals surface area contributed by atoms with Crippen molar-refractivity contribution in [3.63, 3.8) is 0 Å². The molecular weight excluding hydrogens is 366 g/mol. The third kappa shape index (κ3) is 3.54. The number of hydrogen-bond donors (Lipinski definition) is 1. The molecule has 0 atom stereocenters. The van der Waals surface area contributed by atoms with Crippen molar-refractivity contribution in [2.24, 2.45) is 0 Å². The van der Waals surface area contributed by atoms with Gasteiger partial charge in [0.2, 0.25) is 0 Å². The Balaban J connectivity index is 1.29. The Morgan fingerprint density at radius 3 is 2.79 bits per heavy atom. The van der Waals surface area contributed by atoms with Crippen LogP contribution in [0, 0.1) is 0 Å². The Morgan fingerprint density at radius 2 is 2.00 bits per heavy atom. The summed E-state index contributed by atoms with van der Waals surface area (Å²) in [6.45, 7) is 1.04. The van der Waals surface area contributed by atoms with E-state index in [4.69, 9.17) is 9.51 Å². The van der Waals surface area contributed by atoms with Crippen LogP contribution in [0.5, 0.6) is 0 Å². The summed E-state index contributed by atoms with van der Waals surface area (Å²) in [7, 11) is 0. The molecule has 0 aliphatic carbocycles. The van der Waals surface area contributed by atoms with Crippen molar-refractivity contribution < 1.29 is 9.32 Å². The van der Waals surface area contributed by atoms with Crippen LogP contribution in [-0.2, 0) is 13.0 Å². The SMILES string of the molecule is O=C(Nc1ccc(-c2cn3c(n2)CCCC3)cc1)c1cc(-c2cccnc2)on1. The van der Waals surface area contributed by atoms with Gasteiger partial charge in [-0.05, 0) is 37.1 Å². The lowest BCUT2D eigenvalue weighted by Gasteiger charge is -2.11. The first-order valence-electron chi connectivity index (χ1n) is 9.61. The molecule has 1 aliphatic rings. The van der Waals surface area contributed by atoms with Gasteiger partial charge in [0.15, 0.2) is 11.5 Å². The maximum Gasteiger partial charge on any atom is 0.277 e. The van der Waals surface area contributed by atoms with E-state index in [0.29, 0.717) is 11.4 Å². The summed E-state index contributed by atoms with van der Waals surface area (Å²) in [6, 6.07) is 12.9. The molecule has 29 heavy (non-hydrogen) atoms. The lowest BCUT2D eigenvalue weighted by Crippen LogP contribution is -2.11. The van der Waals surface area contributed by atoms with Crippen molar-refractivity contribution in [3.05, 3.63) is 72.6 Å². The number of pyridine rings is 1. The highest BCUT2D eigenvalue weighted by Crippen LogP contribution is 2.24. The summed E-state index contributed by atoms with van der Waals surface area (Å²) in [5.41, 5.74) is 3.68. The van der Waals surface area contributed by atoms with Crippen molar-refractivity contribution in [2.45, 2.75) is 25.8 Å². The van der Waals surface area contributed by atoms with E-state index < -0.39 is 0 Å². The molecule has 144 valence electrons. The van der Waals surface area contributed by atoms with Crippen molar-refractivity contribution in [2.75, 3.05) is 5.32 Å². The average molecular weight is 385 g/mol. The van der Waals surface area contributed by atoms with Gasteiger partial charge in [0, 0.05) is 54.4 Å². The van der Waals surface area contributed by atoms with E-state index in [0.717, 1.165) is 35.6 Å². The van der Waals surface area contributed by atoms with Gasteiger partial charge in [-0.3, -0.25) is 9.78 Å². The maximum atomic E-state index is 12.5. The number of imidazole rings is 1. The van der Waals surface area contributed by atoms with Crippen LogP contribution in [0.25, 0.3) is 22.6 Å². The van der Waals surface area contributed by atoms with Gasteiger partial charge in [-0.1, -0.05) is 17.3 Å². The molecule has 0 spiro atoms. The molecule has 1 aromatic carbocycles. The number of amides is 1. The normalized spacial score (nSPS) is 13.1. The van der Waals surface area contributed by atoms with Crippen molar-refractivity contribution >= 4 is 11.6 Å². The van der Waals surface area contributed by atoms with Crippen LogP contribution >= 0.6 is 0 Å². The summed E-state index contributed by atoms with van der Waals surface area (Å²) in [5, 5.41) is 6.71. The number of carbonyl (C=O) groups excluding carboxylic acids is 1. The summed E-state index contributed by atoms with van der Waals surface area (Å²) in [6.07, 6.45) is 8.89. The van der Waals surface area contributed by atoms with Gasteiger partial charge in [0.25, 0.3) is 5.91 Å². The Labute approximate surface area is 167 Å². The fraction of sp³-hybridized carbons (Fsp3) is 0.182. The van der Waals surface area contributed by atoms with Crippen molar-refractivity contribution in [3.8, 4) is 22.6 Å². The molecular formula is C22H19N5O2. The van der Waals surface area contributed by atoms with Crippen LogP contribution in [0.3, 0.4) is 0 Å². The number of hydrogen-bond acceptors (Lipinski definition) is 5. The van der Waals surface area contributed by atoms with Crippen LogP contribution in [-0.4, -0.2) is 25.6 Å². The van der Waals surface area contributed by atoms with Gasteiger partial charge in [-0.2, -0.15) is 0 Å². The Bertz CT molecular complexity index is 1120. The first-order chi connectivity index (χ1) is 14.3. The first kappa shape index (κ1) is 17.4. The molecule has 0 fully saturated rings. The van der Waals surface area contributed by atoms with Crippen LogP contribution in [0.4, 0.5) is 5.69 Å². The van der Waals surface area contributed by atoms with Crippen molar-refractivity contribution in [1.82, 2.24) is 19.7 Å². The van der Waals surface area contributed by atoms with E-state index in [1.165, 1.54) is 12.8 Å². The number of carbonyl (C=O) groups is 1. The molecule has 4 heterocycles. The second-order valence-electron chi connectivity index (χ2n) is 7.04. The number of nitrogens with one attached hydrogen (secondary N) is 1. The number of benzene rings is 1. The fourth-order valence-electron chi connectivity index (χ4n) is 3.50. The third-order valence-electron chi connectivity index (χ3n) is 5.04. The molecule has 7 heteroatoms. The maximum absolute atomic E-state index is 12.5. The number of anilines is 1. The zero-order chi connectivity index (χ0) is 19.6. The molecule has 1 aliphatic heterocycles. The molecule has 5 rings (SSSR count). The van der Waals surface area contributed by atoms with E-state index in [1.54, 1.807) is 24.5 Å². The molecule has 4 aromatic rings. The molecule has 1 amide bonds. The summed E-state index contributed by atoms with van der Waals surface area (Å²) in [5.74, 6) is 1.33. The molecule has 1 N–H and O–H groups in total. The number of aromatic nitrogens is 4. The third-order valence-corrected chi connectivity index (χ3v) is 5.04. The van der Waals surface area contributed by atoms with Gasteiger partial charge in [0.1, 0.15) is 5.82 Å². The van der Waals surface area contributed by atoms with Crippen molar-refractivity contribution in [1.29, 1.82) is 0 Å². The zero-order valence-corrected chi connectivity index (χ0v) is 15.7. The molecule has 3 aromatic heterocycles. The second-order valence-corrected chi connectivity index (χ2v) is 7.04. The average Bonchev–Trinajstić information content (AvgIpc) is 3.42. The highest BCUT2D eigenvalue weighted by atomic mass is 16.5. The minimum Gasteiger partial charge on any atom is -0.355 e. The monoisotopic (exact) mass is 385 g/mol. The van der Waals surface area contributed by atoms with E-state index in [1.807, 2.05) is 30.3 Å². The highest BCUT2D eigenvalue weighted by Gasteiger charge is 2.15. The smallest absolute Gasteiger partial charge is 0.277 e. The lowest BCUT2D eigenvalue weighted by atomic mass is 10.1. The Morgan fingerprint density at radius 1 is 1.10 bits per heavy atom. The topological polar surface area (TPSA) is 85.8 Å². The summed E-state index contributed by atoms with van der Waals surface area (Å²) >= 11 is 0.